The number of aryl methyl sites for hydroxylation is 1. The van der Waals surface area contributed by atoms with Crippen LogP contribution in [-0.4, -0.2) is 15.6 Å². The minimum Gasteiger partial charge on any atom is -0.331 e. The lowest BCUT2D eigenvalue weighted by Crippen LogP contribution is -2.26. The maximum Gasteiger partial charge on any atom is 0.111 e. The van der Waals surface area contributed by atoms with E-state index in [1.165, 1.54) is 5.56 Å². The second kappa shape index (κ2) is 5.47. The molecular weight excluding hydrogens is 246 g/mol. The van der Waals surface area contributed by atoms with E-state index in [4.69, 9.17) is 5.73 Å². The van der Waals surface area contributed by atoms with Crippen LogP contribution in [0.4, 0.5) is 0 Å². The Balaban J connectivity index is 1.77. The van der Waals surface area contributed by atoms with Crippen molar-refractivity contribution < 1.29 is 0 Å². The molecule has 3 aromatic rings. The van der Waals surface area contributed by atoms with Gasteiger partial charge in [0, 0.05) is 19.5 Å². The van der Waals surface area contributed by atoms with Gasteiger partial charge in [-0.1, -0.05) is 42.5 Å². The third-order valence-corrected chi connectivity index (χ3v) is 3.67. The highest BCUT2D eigenvalue weighted by molar-refractivity contribution is 5.75. The molecule has 3 nitrogen and oxygen atoms in total. The SMILES string of the molecule is Cn1c(CC(N)Cc2ccccc2)nc2ccccc21. The molecule has 3 rings (SSSR count). The number of hydrogen-bond donors (Lipinski definition) is 1. The summed E-state index contributed by atoms with van der Waals surface area (Å²) < 4.78 is 2.14. The quantitative estimate of drug-likeness (QED) is 0.788. The number of benzene rings is 2. The lowest BCUT2D eigenvalue weighted by atomic mass is 10.0. The number of nitrogens with two attached hydrogens (primary N) is 1. The van der Waals surface area contributed by atoms with E-state index in [-0.39, 0.29) is 6.04 Å². The molecular formula is C17H19N3. The van der Waals surface area contributed by atoms with Gasteiger partial charge >= 0.3 is 0 Å². The second-order valence-electron chi connectivity index (χ2n) is 5.23. The minimum absolute atomic E-state index is 0.0907. The molecule has 0 saturated heterocycles. The first-order valence-electron chi connectivity index (χ1n) is 6.94. The van der Waals surface area contributed by atoms with Gasteiger partial charge in [-0.3, -0.25) is 0 Å². The summed E-state index contributed by atoms with van der Waals surface area (Å²) >= 11 is 0. The number of imidazole rings is 1. The predicted octanol–water partition coefficient (Wildman–Crippen LogP) is 2.69. The molecule has 1 unspecified atom stereocenters. The first-order chi connectivity index (χ1) is 9.74. The third-order valence-electron chi connectivity index (χ3n) is 3.67. The molecule has 0 fully saturated rings. The molecule has 1 atom stereocenters. The second-order valence-corrected chi connectivity index (χ2v) is 5.23. The van der Waals surface area contributed by atoms with Crippen LogP contribution in [0, 0.1) is 0 Å². The van der Waals surface area contributed by atoms with Gasteiger partial charge in [-0.2, -0.15) is 0 Å². The molecule has 3 heteroatoms. The molecule has 2 aromatic carbocycles. The summed E-state index contributed by atoms with van der Waals surface area (Å²) in [6.07, 6.45) is 1.67. The molecule has 102 valence electrons. The highest BCUT2D eigenvalue weighted by Gasteiger charge is 2.11. The molecule has 0 amide bonds. The summed E-state index contributed by atoms with van der Waals surface area (Å²) in [4.78, 5) is 4.68. The van der Waals surface area contributed by atoms with Crippen molar-refractivity contribution in [3.8, 4) is 0 Å². The normalized spacial score (nSPS) is 12.7. The number of fused-ring (bicyclic) bond motifs is 1. The standard InChI is InChI=1S/C17H19N3/c1-20-16-10-6-5-9-15(16)19-17(20)12-14(18)11-13-7-3-2-4-8-13/h2-10,14H,11-12,18H2,1H3. The number of hydrogen-bond acceptors (Lipinski definition) is 2. The first-order valence-corrected chi connectivity index (χ1v) is 6.94. The molecule has 1 heterocycles. The number of aromatic nitrogens is 2. The zero-order valence-electron chi connectivity index (χ0n) is 11.7. The molecule has 0 aliphatic heterocycles. The Morgan fingerprint density at radius 2 is 1.70 bits per heavy atom. The van der Waals surface area contributed by atoms with Gasteiger partial charge in [0.05, 0.1) is 11.0 Å². The van der Waals surface area contributed by atoms with Crippen molar-refractivity contribution in [3.05, 3.63) is 66.0 Å². The topological polar surface area (TPSA) is 43.8 Å². The number of rotatable bonds is 4. The molecule has 0 radical (unpaired) electrons. The summed E-state index contributed by atoms with van der Waals surface area (Å²) in [5, 5.41) is 0. The summed E-state index contributed by atoms with van der Waals surface area (Å²) in [6.45, 7) is 0. The maximum atomic E-state index is 6.28. The molecule has 0 spiro atoms. The van der Waals surface area contributed by atoms with E-state index in [9.17, 15) is 0 Å². The van der Waals surface area contributed by atoms with E-state index < -0.39 is 0 Å². The first kappa shape index (κ1) is 12.9. The average molecular weight is 265 g/mol. The zero-order chi connectivity index (χ0) is 13.9. The number of nitrogens with zero attached hydrogens (tertiary/aromatic N) is 2. The zero-order valence-corrected chi connectivity index (χ0v) is 11.7. The van der Waals surface area contributed by atoms with Gasteiger partial charge in [-0.15, -0.1) is 0 Å². The van der Waals surface area contributed by atoms with Crippen LogP contribution >= 0.6 is 0 Å². The highest BCUT2D eigenvalue weighted by atomic mass is 15.1. The van der Waals surface area contributed by atoms with Crippen molar-refractivity contribution in [3.63, 3.8) is 0 Å². The van der Waals surface area contributed by atoms with E-state index in [1.54, 1.807) is 0 Å². The Hall–Kier alpha value is -2.13. The smallest absolute Gasteiger partial charge is 0.111 e. The largest absolute Gasteiger partial charge is 0.331 e. The van der Waals surface area contributed by atoms with Crippen LogP contribution in [0.25, 0.3) is 11.0 Å². The van der Waals surface area contributed by atoms with Crippen molar-refractivity contribution in [1.82, 2.24) is 9.55 Å². The average Bonchev–Trinajstić information content (AvgIpc) is 2.77. The molecule has 0 aliphatic rings. The van der Waals surface area contributed by atoms with Crippen LogP contribution in [0.5, 0.6) is 0 Å². The Labute approximate surface area is 119 Å². The van der Waals surface area contributed by atoms with Gasteiger partial charge in [0.15, 0.2) is 0 Å². The Morgan fingerprint density at radius 1 is 1.00 bits per heavy atom. The van der Waals surface area contributed by atoms with E-state index in [2.05, 4.69) is 46.9 Å². The van der Waals surface area contributed by atoms with Gasteiger partial charge in [0.2, 0.25) is 0 Å². The molecule has 0 aliphatic carbocycles. The van der Waals surface area contributed by atoms with E-state index in [1.807, 2.05) is 24.3 Å². The Bertz CT molecular complexity index is 701. The summed E-state index contributed by atoms with van der Waals surface area (Å²) in [5.74, 6) is 1.05. The summed E-state index contributed by atoms with van der Waals surface area (Å²) in [7, 11) is 2.06. The van der Waals surface area contributed by atoms with Crippen LogP contribution in [-0.2, 0) is 19.9 Å². The maximum absolute atomic E-state index is 6.28. The van der Waals surface area contributed by atoms with Crippen molar-refractivity contribution in [1.29, 1.82) is 0 Å². The fourth-order valence-corrected chi connectivity index (χ4v) is 2.60. The Kier molecular flexibility index (Phi) is 3.52. The van der Waals surface area contributed by atoms with E-state index in [0.717, 1.165) is 29.7 Å². The fourth-order valence-electron chi connectivity index (χ4n) is 2.60. The lowest BCUT2D eigenvalue weighted by molar-refractivity contribution is 0.626. The van der Waals surface area contributed by atoms with Crippen LogP contribution in [0.1, 0.15) is 11.4 Å². The van der Waals surface area contributed by atoms with Crippen LogP contribution in [0.2, 0.25) is 0 Å². The minimum atomic E-state index is 0.0907. The lowest BCUT2D eigenvalue weighted by Gasteiger charge is -2.11. The van der Waals surface area contributed by atoms with Crippen molar-refractivity contribution in [2.75, 3.05) is 0 Å². The number of para-hydroxylation sites is 2. The van der Waals surface area contributed by atoms with Crippen LogP contribution < -0.4 is 5.73 Å². The highest BCUT2D eigenvalue weighted by Crippen LogP contribution is 2.15. The van der Waals surface area contributed by atoms with Gasteiger partial charge < -0.3 is 10.3 Å². The van der Waals surface area contributed by atoms with Crippen LogP contribution in [0.3, 0.4) is 0 Å². The van der Waals surface area contributed by atoms with Crippen molar-refractivity contribution in [2.45, 2.75) is 18.9 Å². The van der Waals surface area contributed by atoms with E-state index >= 15 is 0 Å². The van der Waals surface area contributed by atoms with Crippen LogP contribution in [0.15, 0.2) is 54.6 Å². The summed E-state index contributed by atoms with van der Waals surface area (Å²) in [5.41, 5.74) is 9.75. The molecule has 0 bridgehead atoms. The van der Waals surface area contributed by atoms with Crippen molar-refractivity contribution in [2.24, 2.45) is 12.8 Å². The fraction of sp³-hybridized carbons (Fsp3) is 0.235. The monoisotopic (exact) mass is 265 g/mol. The van der Waals surface area contributed by atoms with Crippen molar-refractivity contribution >= 4 is 11.0 Å². The predicted molar refractivity (Wildman–Crippen MR) is 82.5 cm³/mol. The molecule has 1 aromatic heterocycles. The molecule has 0 saturated carbocycles. The van der Waals surface area contributed by atoms with Gasteiger partial charge in [-0.25, -0.2) is 4.98 Å². The third kappa shape index (κ3) is 2.58. The Morgan fingerprint density at radius 3 is 2.45 bits per heavy atom. The van der Waals surface area contributed by atoms with E-state index in [0.29, 0.717) is 0 Å². The van der Waals surface area contributed by atoms with Gasteiger partial charge in [0.1, 0.15) is 5.82 Å². The van der Waals surface area contributed by atoms with Gasteiger partial charge in [-0.05, 0) is 24.1 Å². The summed E-state index contributed by atoms with van der Waals surface area (Å²) in [6, 6.07) is 18.7. The molecule has 2 N–H and O–H groups in total. The van der Waals surface area contributed by atoms with Gasteiger partial charge in [0.25, 0.3) is 0 Å². The molecule has 20 heavy (non-hydrogen) atoms.